The number of nitrogens with zero attached hydrogens (tertiary/aromatic N) is 1. The average molecular weight is 422 g/mol. The first kappa shape index (κ1) is 19.9. The number of rotatable bonds is 6. The molecule has 0 radical (unpaired) electrons. The molecule has 0 bridgehead atoms. The predicted octanol–water partition coefficient (Wildman–Crippen LogP) is 2.91. The van der Waals surface area contributed by atoms with Gasteiger partial charge >= 0.3 is 0 Å². The van der Waals surface area contributed by atoms with Gasteiger partial charge in [0.05, 0.1) is 13.1 Å². The maximum atomic E-state index is 5.82. The third kappa shape index (κ3) is 8.68. The van der Waals surface area contributed by atoms with Gasteiger partial charge in [0.2, 0.25) is 0 Å². The van der Waals surface area contributed by atoms with Gasteiger partial charge in [0.1, 0.15) is 11.9 Å². The molecule has 1 atom stereocenters. The maximum absolute atomic E-state index is 5.82. The van der Waals surface area contributed by atoms with Crippen LogP contribution >= 0.6 is 35.6 Å². The van der Waals surface area contributed by atoms with Gasteiger partial charge in [0, 0.05) is 11.6 Å². The zero-order valence-corrected chi connectivity index (χ0v) is 15.3. The van der Waals surface area contributed by atoms with E-state index in [1.807, 2.05) is 26.0 Å². The van der Waals surface area contributed by atoms with E-state index >= 15 is 0 Å². The van der Waals surface area contributed by atoms with Crippen molar-refractivity contribution in [2.75, 3.05) is 19.6 Å². The minimum Gasteiger partial charge on any atom is -0.489 e. The van der Waals surface area contributed by atoms with Crippen LogP contribution in [-0.4, -0.2) is 31.7 Å². The third-order valence-corrected chi connectivity index (χ3v) is 2.61. The molecular formula is C15H21ClIN3O. The van der Waals surface area contributed by atoms with Gasteiger partial charge in [-0.3, -0.25) is 0 Å². The van der Waals surface area contributed by atoms with Gasteiger partial charge in [-0.2, -0.15) is 0 Å². The first-order valence-corrected chi connectivity index (χ1v) is 6.91. The number of hydrogen-bond acceptors (Lipinski definition) is 2. The number of ether oxygens (including phenoxy) is 1. The Morgan fingerprint density at radius 3 is 2.62 bits per heavy atom. The fourth-order valence-electron chi connectivity index (χ4n) is 1.48. The summed E-state index contributed by atoms with van der Waals surface area (Å²) in [5.41, 5.74) is 0. The highest BCUT2D eigenvalue weighted by Crippen LogP contribution is 2.16. The molecule has 6 heteroatoms. The van der Waals surface area contributed by atoms with E-state index in [-0.39, 0.29) is 30.1 Å². The Hall–Kier alpha value is -1.13. The summed E-state index contributed by atoms with van der Waals surface area (Å²) in [6, 6.07) is 7.27. The predicted molar refractivity (Wildman–Crippen MR) is 99.8 cm³/mol. The smallest absolute Gasteiger partial charge is 0.192 e. The lowest BCUT2D eigenvalue weighted by Crippen LogP contribution is -2.38. The largest absolute Gasteiger partial charge is 0.489 e. The van der Waals surface area contributed by atoms with Crippen LogP contribution in [0.5, 0.6) is 5.75 Å². The summed E-state index contributed by atoms with van der Waals surface area (Å²) >= 11 is 5.82. The van der Waals surface area contributed by atoms with Crippen molar-refractivity contribution in [3.05, 3.63) is 29.3 Å². The van der Waals surface area contributed by atoms with E-state index in [9.17, 15) is 0 Å². The van der Waals surface area contributed by atoms with Crippen LogP contribution in [0.15, 0.2) is 29.3 Å². The van der Waals surface area contributed by atoms with Crippen LogP contribution in [0.3, 0.4) is 0 Å². The molecule has 0 aliphatic carbocycles. The lowest BCUT2D eigenvalue weighted by molar-refractivity contribution is 0.230. The van der Waals surface area contributed by atoms with Crippen molar-refractivity contribution < 1.29 is 4.74 Å². The average Bonchev–Trinajstić information content (AvgIpc) is 2.44. The van der Waals surface area contributed by atoms with E-state index in [0.29, 0.717) is 24.1 Å². The highest BCUT2D eigenvalue weighted by Gasteiger charge is 2.04. The van der Waals surface area contributed by atoms with Crippen molar-refractivity contribution in [1.29, 1.82) is 0 Å². The second kappa shape index (κ2) is 11.5. The topological polar surface area (TPSA) is 45.7 Å². The first-order chi connectivity index (χ1) is 9.65. The molecule has 1 aromatic carbocycles. The van der Waals surface area contributed by atoms with Crippen LogP contribution in [0.25, 0.3) is 0 Å². The van der Waals surface area contributed by atoms with Gasteiger partial charge in [-0.25, -0.2) is 4.99 Å². The Morgan fingerprint density at radius 2 is 2.05 bits per heavy atom. The van der Waals surface area contributed by atoms with Crippen LogP contribution in [0.2, 0.25) is 5.02 Å². The molecule has 0 heterocycles. The molecule has 0 saturated carbocycles. The van der Waals surface area contributed by atoms with Crippen molar-refractivity contribution in [2.24, 2.45) is 4.99 Å². The Morgan fingerprint density at radius 1 is 1.38 bits per heavy atom. The highest BCUT2D eigenvalue weighted by molar-refractivity contribution is 14.0. The molecule has 0 fully saturated rings. The number of aliphatic imine (C=N–C) groups is 1. The number of benzene rings is 1. The number of hydrogen-bond donors (Lipinski definition) is 2. The fraction of sp³-hybridized carbons (Fsp3) is 0.400. The molecule has 1 rings (SSSR count). The zero-order valence-electron chi connectivity index (χ0n) is 12.2. The second-order valence-electron chi connectivity index (χ2n) is 4.16. The van der Waals surface area contributed by atoms with Gasteiger partial charge < -0.3 is 15.4 Å². The third-order valence-electron chi connectivity index (χ3n) is 2.36. The quantitative estimate of drug-likeness (QED) is 0.321. The summed E-state index contributed by atoms with van der Waals surface area (Å²) in [6.07, 6.45) is 5.17. The van der Waals surface area contributed by atoms with E-state index in [1.165, 1.54) is 0 Å². The molecule has 0 amide bonds. The number of guanidine groups is 1. The lowest BCUT2D eigenvalue weighted by Gasteiger charge is -2.14. The fourth-order valence-corrected chi connectivity index (χ4v) is 1.61. The number of nitrogens with one attached hydrogen (secondary N) is 2. The molecule has 21 heavy (non-hydrogen) atoms. The van der Waals surface area contributed by atoms with Gasteiger partial charge in [0.25, 0.3) is 0 Å². The van der Waals surface area contributed by atoms with E-state index in [1.54, 1.807) is 12.1 Å². The van der Waals surface area contributed by atoms with Crippen LogP contribution in [0, 0.1) is 12.3 Å². The monoisotopic (exact) mass is 421 g/mol. The first-order valence-electron chi connectivity index (χ1n) is 6.53. The van der Waals surface area contributed by atoms with Crippen LogP contribution < -0.4 is 15.4 Å². The molecule has 4 nitrogen and oxygen atoms in total. The molecule has 2 N–H and O–H groups in total. The lowest BCUT2D eigenvalue weighted by atomic mass is 10.3. The van der Waals surface area contributed by atoms with Crippen molar-refractivity contribution in [3.8, 4) is 18.1 Å². The van der Waals surface area contributed by atoms with Crippen molar-refractivity contribution in [3.63, 3.8) is 0 Å². The highest BCUT2D eigenvalue weighted by atomic mass is 127. The molecule has 116 valence electrons. The summed E-state index contributed by atoms with van der Waals surface area (Å²) in [4.78, 5) is 4.41. The number of terminal acetylenes is 1. The summed E-state index contributed by atoms with van der Waals surface area (Å²) in [5.74, 6) is 3.98. The summed E-state index contributed by atoms with van der Waals surface area (Å²) < 4.78 is 5.74. The van der Waals surface area contributed by atoms with Crippen molar-refractivity contribution in [1.82, 2.24) is 10.6 Å². The SMILES string of the molecule is C#CCNC(=NCC(C)Oc1ccc(Cl)cc1)NCC.I. The normalized spacial score (nSPS) is 11.8. The number of halogens is 2. The molecule has 0 aliphatic rings. The molecule has 0 aromatic heterocycles. The van der Waals surface area contributed by atoms with Crippen molar-refractivity contribution in [2.45, 2.75) is 20.0 Å². The van der Waals surface area contributed by atoms with Crippen LogP contribution in [-0.2, 0) is 0 Å². The Bertz CT molecular complexity index is 471. The summed E-state index contributed by atoms with van der Waals surface area (Å²) in [5, 5.41) is 6.83. The molecule has 0 saturated heterocycles. The maximum Gasteiger partial charge on any atom is 0.192 e. The van der Waals surface area contributed by atoms with E-state index in [0.717, 1.165) is 12.3 Å². The standard InChI is InChI=1S/C15H20ClN3O.HI/c1-4-10-18-15(17-5-2)19-11-12(3)20-14-8-6-13(16)7-9-14;/h1,6-9,12H,5,10-11H2,2-3H3,(H2,17,18,19);1H. The van der Waals surface area contributed by atoms with Gasteiger partial charge in [-0.15, -0.1) is 30.4 Å². The summed E-state index contributed by atoms with van der Waals surface area (Å²) in [6.45, 7) is 5.72. The van der Waals surface area contributed by atoms with Gasteiger partial charge in [0.15, 0.2) is 5.96 Å². The van der Waals surface area contributed by atoms with Crippen molar-refractivity contribution >= 4 is 41.5 Å². The second-order valence-corrected chi connectivity index (χ2v) is 4.60. The van der Waals surface area contributed by atoms with Gasteiger partial charge in [-0.1, -0.05) is 17.5 Å². The molecule has 0 spiro atoms. The van der Waals surface area contributed by atoms with Crippen LogP contribution in [0.4, 0.5) is 0 Å². The minimum atomic E-state index is -0.0440. The Kier molecular flexibility index (Phi) is 10.9. The molecular weight excluding hydrogens is 401 g/mol. The zero-order chi connectivity index (χ0) is 14.8. The minimum absolute atomic E-state index is 0. The molecule has 0 aliphatic heterocycles. The Balaban J connectivity index is 0.00000400. The molecule has 1 aromatic rings. The van der Waals surface area contributed by atoms with Crippen LogP contribution in [0.1, 0.15) is 13.8 Å². The van der Waals surface area contributed by atoms with Gasteiger partial charge in [-0.05, 0) is 38.1 Å². The summed E-state index contributed by atoms with van der Waals surface area (Å²) in [7, 11) is 0. The Labute approximate surface area is 148 Å². The van der Waals surface area contributed by atoms with E-state index < -0.39 is 0 Å². The molecule has 1 unspecified atom stereocenters. The van der Waals surface area contributed by atoms with E-state index in [2.05, 4.69) is 21.5 Å². The van der Waals surface area contributed by atoms with E-state index in [4.69, 9.17) is 22.8 Å².